The van der Waals surface area contributed by atoms with Crippen LogP contribution in [0.2, 0.25) is 0 Å². The van der Waals surface area contributed by atoms with Crippen molar-refractivity contribution >= 4 is 56.5 Å². The first-order valence-corrected chi connectivity index (χ1v) is 8.39. The maximum Gasteiger partial charge on any atom is 0.274 e. The normalized spacial score (nSPS) is 9.95. The van der Waals surface area contributed by atoms with Crippen molar-refractivity contribution in [3.63, 3.8) is 0 Å². The van der Waals surface area contributed by atoms with Crippen molar-refractivity contribution in [2.24, 2.45) is 5.10 Å². The number of hydrogen-bond donors (Lipinski definition) is 2. The molecular formula is C15H14IN3O2S. The van der Waals surface area contributed by atoms with Crippen molar-refractivity contribution < 1.29 is 9.59 Å². The molecule has 0 atom stereocenters. The van der Waals surface area contributed by atoms with Gasteiger partial charge in [-0.25, -0.2) is 5.43 Å². The van der Waals surface area contributed by atoms with E-state index in [1.807, 2.05) is 12.1 Å². The second-order valence-corrected chi connectivity index (χ2v) is 6.68. The van der Waals surface area contributed by atoms with Crippen LogP contribution in [0.1, 0.15) is 34.6 Å². The topological polar surface area (TPSA) is 70.6 Å². The van der Waals surface area contributed by atoms with Gasteiger partial charge in [-0.3, -0.25) is 9.59 Å². The summed E-state index contributed by atoms with van der Waals surface area (Å²) in [5.41, 5.74) is 4.17. The maximum atomic E-state index is 12.3. The molecule has 0 radical (unpaired) electrons. The number of hydrazone groups is 1. The molecule has 0 aliphatic heterocycles. The molecule has 1 heterocycles. The highest BCUT2D eigenvalue weighted by atomic mass is 127. The van der Waals surface area contributed by atoms with Gasteiger partial charge < -0.3 is 5.32 Å². The van der Waals surface area contributed by atoms with Crippen LogP contribution in [0.4, 0.5) is 5.00 Å². The first-order valence-electron chi connectivity index (χ1n) is 6.43. The zero-order chi connectivity index (χ0) is 16.1. The summed E-state index contributed by atoms with van der Waals surface area (Å²) in [5.74, 6) is -0.586. The van der Waals surface area contributed by atoms with Gasteiger partial charge in [0, 0.05) is 9.28 Å². The monoisotopic (exact) mass is 427 g/mol. The molecule has 2 aromatic rings. The van der Waals surface area contributed by atoms with Crippen molar-refractivity contribution in [1.82, 2.24) is 5.43 Å². The molecule has 0 bridgehead atoms. The number of carbonyl (C=O) groups excluding carboxylic acids is 2. The van der Waals surface area contributed by atoms with E-state index >= 15 is 0 Å². The predicted octanol–water partition coefficient (Wildman–Crippen LogP) is 3.73. The van der Waals surface area contributed by atoms with Crippen molar-refractivity contribution in [1.29, 1.82) is 0 Å². The molecule has 0 saturated heterocycles. The zero-order valence-electron chi connectivity index (χ0n) is 12.0. The third kappa shape index (κ3) is 4.14. The van der Waals surface area contributed by atoms with E-state index in [2.05, 4.69) is 38.4 Å². The van der Waals surface area contributed by atoms with Crippen molar-refractivity contribution in [3.8, 4) is 0 Å². The fraction of sp³-hybridized carbons (Fsp3) is 0.133. The van der Waals surface area contributed by atoms with E-state index in [1.54, 1.807) is 37.4 Å². The van der Waals surface area contributed by atoms with Crippen molar-refractivity contribution in [2.45, 2.75) is 13.8 Å². The van der Waals surface area contributed by atoms with Crippen LogP contribution in [0.15, 0.2) is 40.8 Å². The van der Waals surface area contributed by atoms with Crippen molar-refractivity contribution in [2.75, 3.05) is 5.32 Å². The molecule has 114 valence electrons. The van der Waals surface area contributed by atoms with Gasteiger partial charge >= 0.3 is 0 Å². The number of anilines is 1. The second-order valence-electron chi connectivity index (χ2n) is 4.60. The molecule has 2 amide bonds. The van der Waals surface area contributed by atoms with Crippen LogP contribution < -0.4 is 10.7 Å². The number of halogens is 1. The number of amides is 2. The Morgan fingerprint density at radius 3 is 2.50 bits per heavy atom. The van der Waals surface area contributed by atoms with Gasteiger partial charge in [-0.2, -0.15) is 5.10 Å². The molecule has 0 saturated carbocycles. The Morgan fingerprint density at radius 2 is 1.82 bits per heavy atom. The SMILES string of the molecule is CC(C)=NNC(=O)c1ccsc1NC(=O)c1ccccc1I. The van der Waals surface area contributed by atoms with E-state index in [9.17, 15) is 9.59 Å². The first-order chi connectivity index (χ1) is 10.5. The molecule has 5 nitrogen and oxygen atoms in total. The summed E-state index contributed by atoms with van der Waals surface area (Å²) in [6.07, 6.45) is 0. The number of carbonyl (C=O) groups is 2. The van der Waals surface area contributed by atoms with E-state index in [1.165, 1.54) is 11.3 Å². The van der Waals surface area contributed by atoms with Crippen LogP contribution in [-0.2, 0) is 0 Å². The Kier molecular flexibility index (Phi) is 5.67. The van der Waals surface area contributed by atoms with Gasteiger partial charge in [0.1, 0.15) is 5.00 Å². The Hall–Kier alpha value is -1.74. The lowest BCUT2D eigenvalue weighted by atomic mass is 10.2. The van der Waals surface area contributed by atoms with Crippen LogP contribution in [0.3, 0.4) is 0 Å². The van der Waals surface area contributed by atoms with E-state index in [4.69, 9.17) is 0 Å². The molecule has 1 aromatic carbocycles. The molecule has 2 rings (SSSR count). The fourth-order valence-corrected chi connectivity index (χ4v) is 3.04. The largest absolute Gasteiger partial charge is 0.313 e. The summed E-state index contributed by atoms with van der Waals surface area (Å²) < 4.78 is 0.853. The summed E-state index contributed by atoms with van der Waals surface area (Å²) in [4.78, 5) is 24.4. The lowest BCUT2D eigenvalue weighted by molar-refractivity contribution is 0.0956. The molecule has 0 fully saturated rings. The predicted molar refractivity (Wildman–Crippen MR) is 97.7 cm³/mol. The number of nitrogens with zero attached hydrogens (tertiary/aromatic N) is 1. The van der Waals surface area contributed by atoms with Gasteiger partial charge in [-0.1, -0.05) is 12.1 Å². The fourth-order valence-electron chi connectivity index (χ4n) is 1.62. The van der Waals surface area contributed by atoms with Crippen LogP contribution in [0, 0.1) is 3.57 Å². The van der Waals surface area contributed by atoms with Gasteiger partial charge in [-0.05, 0) is 60.0 Å². The summed E-state index contributed by atoms with van der Waals surface area (Å²) in [6.45, 7) is 3.57. The third-order valence-electron chi connectivity index (χ3n) is 2.64. The van der Waals surface area contributed by atoms with Gasteiger partial charge in [0.15, 0.2) is 0 Å². The Labute approximate surface area is 146 Å². The number of rotatable bonds is 4. The van der Waals surface area contributed by atoms with E-state index in [-0.39, 0.29) is 11.8 Å². The Morgan fingerprint density at radius 1 is 1.09 bits per heavy atom. The molecule has 22 heavy (non-hydrogen) atoms. The van der Waals surface area contributed by atoms with Crippen LogP contribution in [0.5, 0.6) is 0 Å². The molecule has 7 heteroatoms. The molecule has 0 spiro atoms. The molecule has 0 aliphatic rings. The molecule has 0 unspecified atom stereocenters. The molecule has 1 aromatic heterocycles. The molecule has 0 aliphatic carbocycles. The number of thiophene rings is 1. The van der Waals surface area contributed by atoms with Gasteiger partial charge in [0.25, 0.3) is 11.8 Å². The number of benzene rings is 1. The minimum atomic E-state index is -0.347. The highest BCUT2D eigenvalue weighted by Gasteiger charge is 2.16. The Balaban J connectivity index is 2.16. The maximum absolute atomic E-state index is 12.3. The molecule has 2 N–H and O–H groups in total. The smallest absolute Gasteiger partial charge is 0.274 e. The first kappa shape index (κ1) is 16.6. The minimum absolute atomic E-state index is 0.239. The summed E-state index contributed by atoms with van der Waals surface area (Å²) in [6, 6.07) is 8.93. The Bertz CT molecular complexity index is 736. The summed E-state index contributed by atoms with van der Waals surface area (Å²) in [7, 11) is 0. The lowest BCUT2D eigenvalue weighted by Crippen LogP contribution is -2.20. The van der Waals surface area contributed by atoms with Crippen LogP contribution >= 0.6 is 33.9 Å². The molecular weight excluding hydrogens is 413 g/mol. The lowest BCUT2D eigenvalue weighted by Gasteiger charge is -2.07. The van der Waals surface area contributed by atoms with Crippen LogP contribution in [0.25, 0.3) is 0 Å². The van der Waals surface area contributed by atoms with Gasteiger partial charge in [0.05, 0.1) is 11.1 Å². The zero-order valence-corrected chi connectivity index (χ0v) is 15.0. The van der Waals surface area contributed by atoms with Gasteiger partial charge in [-0.15, -0.1) is 11.3 Å². The van der Waals surface area contributed by atoms with E-state index in [0.717, 1.165) is 9.28 Å². The van der Waals surface area contributed by atoms with E-state index < -0.39 is 0 Å². The number of nitrogens with one attached hydrogen (secondary N) is 2. The number of hydrogen-bond acceptors (Lipinski definition) is 4. The third-order valence-corrected chi connectivity index (χ3v) is 4.41. The summed E-state index contributed by atoms with van der Waals surface area (Å²) >= 11 is 3.40. The highest BCUT2D eigenvalue weighted by Crippen LogP contribution is 2.24. The van der Waals surface area contributed by atoms with Crippen LogP contribution in [-0.4, -0.2) is 17.5 Å². The average Bonchev–Trinajstić information content (AvgIpc) is 2.93. The standard InChI is InChI=1S/C15H14IN3O2S/c1-9(2)18-19-14(21)11-7-8-22-15(11)17-13(20)10-5-3-4-6-12(10)16/h3-8H,1-2H3,(H,17,20)(H,19,21). The highest BCUT2D eigenvalue weighted by molar-refractivity contribution is 14.1. The quantitative estimate of drug-likeness (QED) is 0.444. The average molecular weight is 427 g/mol. The summed E-state index contributed by atoms with van der Waals surface area (Å²) in [5, 5.41) is 8.92. The minimum Gasteiger partial charge on any atom is -0.313 e. The second kappa shape index (κ2) is 7.50. The van der Waals surface area contributed by atoms with Crippen molar-refractivity contribution in [3.05, 3.63) is 50.4 Å². The van der Waals surface area contributed by atoms with E-state index in [0.29, 0.717) is 16.1 Å². The van der Waals surface area contributed by atoms with Gasteiger partial charge in [0.2, 0.25) is 0 Å².